The van der Waals surface area contributed by atoms with E-state index in [0.717, 1.165) is 12.5 Å². The molecule has 5 heteroatoms. The summed E-state index contributed by atoms with van der Waals surface area (Å²) in [4.78, 5) is 0. The van der Waals surface area contributed by atoms with E-state index in [-0.39, 0.29) is 33.3 Å². The highest BCUT2D eigenvalue weighted by atomic mass is 32.1. The molecule has 18 heavy (non-hydrogen) atoms. The van der Waals surface area contributed by atoms with Gasteiger partial charge in [0, 0.05) is 1.43 Å². The number of nitrogens with two attached hydrogens (primary N) is 1. The maximum atomic E-state index is 5.47. The van der Waals surface area contributed by atoms with Crippen molar-refractivity contribution in [3.63, 3.8) is 0 Å². The first-order chi connectivity index (χ1) is 6.85. The van der Waals surface area contributed by atoms with Gasteiger partial charge in [0.25, 0.3) is 0 Å². The minimum Gasteiger partial charge on any atom is -0.412 e. The molecule has 1 aliphatic heterocycles. The quantitative estimate of drug-likeness (QED) is 0.825. The van der Waals surface area contributed by atoms with Crippen LogP contribution in [0.2, 0.25) is 0 Å². The van der Waals surface area contributed by atoms with Crippen molar-refractivity contribution in [1.29, 1.82) is 0 Å². The molecule has 0 aromatic heterocycles. The molecule has 0 radical (unpaired) electrons. The van der Waals surface area contributed by atoms with E-state index in [4.69, 9.17) is 5.73 Å². The Morgan fingerprint density at radius 2 is 1.61 bits per heavy atom. The molecule has 1 fully saturated rings. The van der Waals surface area contributed by atoms with Crippen LogP contribution in [-0.2, 0) is 0 Å². The van der Waals surface area contributed by atoms with Gasteiger partial charge >= 0.3 is 0 Å². The van der Waals surface area contributed by atoms with Crippen LogP contribution in [-0.4, -0.2) is 30.6 Å². The van der Waals surface area contributed by atoms with E-state index in [2.05, 4.69) is 19.2 Å². The van der Waals surface area contributed by atoms with Gasteiger partial charge in [0.1, 0.15) is 0 Å². The van der Waals surface area contributed by atoms with E-state index >= 15 is 0 Å². The first kappa shape index (κ1) is 30.9. The van der Waals surface area contributed by atoms with Crippen molar-refractivity contribution >= 4 is 13.5 Å². The van der Waals surface area contributed by atoms with Crippen molar-refractivity contribution in [3.05, 3.63) is 0 Å². The Bertz CT molecular complexity index is 105. The van der Waals surface area contributed by atoms with Gasteiger partial charge in [0.15, 0.2) is 0 Å². The minimum atomic E-state index is 0. The lowest BCUT2D eigenvalue weighted by atomic mass is 10.0. The summed E-state index contributed by atoms with van der Waals surface area (Å²) in [7, 11) is 0. The molecule has 0 saturated carbocycles. The van der Waals surface area contributed by atoms with Gasteiger partial charge in [-0.1, -0.05) is 40.5 Å². The van der Waals surface area contributed by atoms with E-state index in [9.17, 15) is 0 Å². The fourth-order valence-electron chi connectivity index (χ4n) is 1.70. The number of hydrogen-bond acceptors (Lipinski definition) is 2. The Morgan fingerprint density at radius 3 is 1.72 bits per heavy atom. The van der Waals surface area contributed by atoms with Gasteiger partial charge in [-0.25, -0.2) is 0 Å². The molecule has 1 heterocycles. The molecule has 120 valence electrons. The summed E-state index contributed by atoms with van der Waals surface area (Å²) in [5, 5.41) is 3.28. The average molecular weight is 289 g/mol. The standard InChI is InChI=1S/C7H17N.C5H11N.CH4.2H2O.H2S.H2/c1-3-5-7(4-2)6-8;1-2-4-6-5-3-1;;;;;/h7H,3-6,8H2,1-2H3;6H,1-5H2;1H4;3*1H2;1H/t7-;;;;;;/m0....../s1. The van der Waals surface area contributed by atoms with E-state index in [1.807, 2.05) is 0 Å². The van der Waals surface area contributed by atoms with Gasteiger partial charge in [0.05, 0.1) is 0 Å². The van der Waals surface area contributed by atoms with Crippen LogP contribution in [0.5, 0.6) is 0 Å². The van der Waals surface area contributed by atoms with Crippen LogP contribution in [0.4, 0.5) is 0 Å². The van der Waals surface area contributed by atoms with Crippen LogP contribution < -0.4 is 11.1 Å². The molecule has 1 saturated heterocycles. The minimum absolute atomic E-state index is 0. The van der Waals surface area contributed by atoms with Crippen molar-refractivity contribution in [2.75, 3.05) is 19.6 Å². The molecular weight excluding hydrogens is 248 g/mol. The molecule has 0 aromatic rings. The summed E-state index contributed by atoms with van der Waals surface area (Å²) in [5.41, 5.74) is 5.47. The molecule has 0 spiro atoms. The lowest BCUT2D eigenvalue weighted by Crippen LogP contribution is -2.21. The number of piperidine rings is 1. The van der Waals surface area contributed by atoms with Gasteiger partial charge in [-0.05, 0) is 44.8 Å². The zero-order valence-corrected chi connectivity index (χ0v) is 12.5. The zero-order valence-electron chi connectivity index (χ0n) is 11.5. The molecule has 1 aliphatic rings. The SMILES string of the molecule is C.C1CCNCC1.CCC[C@H](CC)CN.O.O.S.[HH]. The summed E-state index contributed by atoms with van der Waals surface area (Å²) in [6, 6.07) is 0. The highest BCUT2D eigenvalue weighted by Gasteiger charge is 1.99. The lowest BCUT2D eigenvalue weighted by molar-refractivity contribution is 0.475. The lowest BCUT2D eigenvalue weighted by Gasteiger charge is -2.08. The van der Waals surface area contributed by atoms with Gasteiger partial charge in [-0.2, -0.15) is 13.5 Å². The van der Waals surface area contributed by atoms with Gasteiger partial charge in [0.2, 0.25) is 0 Å². The van der Waals surface area contributed by atoms with Crippen LogP contribution in [0.15, 0.2) is 0 Å². The maximum absolute atomic E-state index is 5.47. The van der Waals surface area contributed by atoms with Gasteiger partial charge in [-0.15, -0.1) is 0 Å². The second-order valence-electron chi connectivity index (χ2n) is 4.11. The maximum Gasteiger partial charge on any atom is 0 e. The van der Waals surface area contributed by atoms with Crippen molar-refractivity contribution in [2.45, 2.75) is 59.8 Å². The van der Waals surface area contributed by atoms with E-state index in [1.165, 1.54) is 51.6 Å². The Labute approximate surface area is 123 Å². The smallest absolute Gasteiger partial charge is 0 e. The third-order valence-corrected chi connectivity index (χ3v) is 2.81. The summed E-state index contributed by atoms with van der Waals surface area (Å²) in [6.07, 6.45) is 8.03. The van der Waals surface area contributed by atoms with E-state index in [1.54, 1.807) is 0 Å². The van der Waals surface area contributed by atoms with Gasteiger partial charge in [-0.3, -0.25) is 0 Å². The van der Waals surface area contributed by atoms with Crippen LogP contribution in [0, 0.1) is 5.92 Å². The van der Waals surface area contributed by atoms with Crippen LogP contribution in [0.3, 0.4) is 0 Å². The molecule has 0 aliphatic carbocycles. The Hall–Kier alpha value is 0.190. The van der Waals surface area contributed by atoms with E-state index < -0.39 is 0 Å². The number of rotatable bonds is 4. The Morgan fingerprint density at radius 1 is 1.11 bits per heavy atom. The van der Waals surface area contributed by atoms with Crippen molar-refractivity contribution < 1.29 is 12.4 Å². The highest BCUT2D eigenvalue weighted by molar-refractivity contribution is 7.59. The Kier molecular flexibility index (Phi) is 44.5. The Balaban J connectivity index is -0.0000000357. The third kappa shape index (κ3) is 21.5. The van der Waals surface area contributed by atoms with Crippen molar-refractivity contribution in [2.24, 2.45) is 11.7 Å². The predicted octanol–water partition coefficient (Wildman–Crippen LogP) is 1.88. The fraction of sp³-hybridized carbons (Fsp3) is 1.00. The monoisotopic (exact) mass is 288 g/mol. The summed E-state index contributed by atoms with van der Waals surface area (Å²) in [5.74, 6) is 0.778. The normalized spacial score (nSPS) is 14.2. The topological polar surface area (TPSA) is 101 Å². The molecule has 1 atom stereocenters. The zero-order chi connectivity index (χ0) is 10.6. The first-order valence-corrected chi connectivity index (χ1v) is 6.25. The number of nitrogens with one attached hydrogen (secondary N) is 1. The third-order valence-electron chi connectivity index (χ3n) is 2.81. The molecule has 0 aromatic carbocycles. The molecule has 0 amide bonds. The second-order valence-corrected chi connectivity index (χ2v) is 4.11. The molecule has 0 unspecified atom stereocenters. The average Bonchev–Trinajstić information content (AvgIpc) is 2.29. The largest absolute Gasteiger partial charge is 0.412 e. The second kappa shape index (κ2) is 25.9. The van der Waals surface area contributed by atoms with E-state index in [0.29, 0.717) is 0 Å². The molecule has 7 N–H and O–H groups in total. The summed E-state index contributed by atoms with van der Waals surface area (Å²) >= 11 is 0. The molecule has 0 bridgehead atoms. The number of hydrogen-bond donors (Lipinski definition) is 2. The molecule has 1 rings (SSSR count). The van der Waals surface area contributed by atoms with Crippen LogP contribution >= 0.6 is 13.5 Å². The van der Waals surface area contributed by atoms with Crippen LogP contribution in [0.1, 0.15) is 61.2 Å². The van der Waals surface area contributed by atoms with Gasteiger partial charge < -0.3 is 22.0 Å². The summed E-state index contributed by atoms with van der Waals surface area (Å²) in [6.45, 7) is 7.77. The van der Waals surface area contributed by atoms with Crippen LogP contribution in [0.25, 0.3) is 0 Å². The predicted molar refractivity (Wildman–Crippen MR) is 90.9 cm³/mol. The molecule has 4 nitrogen and oxygen atoms in total. The summed E-state index contributed by atoms with van der Waals surface area (Å²) < 4.78 is 0. The fourth-order valence-corrected chi connectivity index (χ4v) is 1.70. The first-order valence-electron chi connectivity index (χ1n) is 6.25. The van der Waals surface area contributed by atoms with Crippen molar-refractivity contribution in [3.8, 4) is 0 Å². The van der Waals surface area contributed by atoms with Crippen molar-refractivity contribution in [1.82, 2.24) is 5.32 Å². The highest BCUT2D eigenvalue weighted by Crippen LogP contribution is 2.07. The molecular formula is C13H40N2O2S.